The maximum absolute atomic E-state index is 6.16. The Labute approximate surface area is 117 Å². The minimum absolute atomic E-state index is 0.225. The normalized spacial score (nSPS) is 21.3. The molecule has 1 aliphatic heterocycles. The average Bonchev–Trinajstić information content (AvgIpc) is 2.40. The molecule has 6 heteroatoms. The summed E-state index contributed by atoms with van der Waals surface area (Å²) in [6.07, 6.45) is 0.702. The summed E-state index contributed by atoms with van der Waals surface area (Å²) in [6, 6.07) is 0.745. The smallest absolute Gasteiger partial charge is 0.374 e. The highest BCUT2D eigenvalue weighted by molar-refractivity contribution is 6.60. The van der Waals surface area contributed by atoms with E-state index in [4.69, 9.17) is 22.8 Å². The first-order chi connectivity index (χ1) is 9.02. The van der Waals surface area contributed by atoms with Gasteiger partial charge >= 0.3 is 8.80 Å². The van der Waals surface area contributed by atoms with E-state index in [0.29, 0.717) is 26.4 Å². The molecule has 0 amide bonds. The van der Waals surface area contributed by atoms with E-state index in [2.05, 4.69) is 0 Å². The van der Waals surface area contributed by atoms with E-state index in [1.807, 2.05) is 34.6 Å². The lowest BCUT2D eigenvalue weighted by molar-refractivity contribution is -0.294. The standard InChI is InChI=1S/C13H28O5Si/c1-6-16-19(8-3,17-7-2)18-12(4)13(5)14-10-9-11-15-13/h12H,6-11H2,1-5H3. The van der Waals surface area contributed by atoms with Crippen LogP contribution in [0.5, 0.6) is 0 Å². The molecule has 0 saturated carbocycles. The molecule has 0 aliphatic carbocycles. The maximum Gasteiger partial charge on any atom is 0.501 e. The second kappa shape index (κ2) is 7.71. The van der Waals surface area contributed by atoms with Gasteiger partial charge in [-0.2, -0.15) is 0 Å². The predicted octanol–water partition coefficient (Wildman–Crippen LogP) is 2.58. The lowest BCUT2D eigenvalue weighted by Crippen LogP contribution is -2.55. The summed E-state index contributed by atoms with van der Waals surface area (Å²) >= 11 is 0. The summed E-state index contributed by atoms with van der Waals surface area (Å²) in [7, 11) is -2.62. The van der Waals surface area contributed by atoms with Gasteiger partial charge in [0.25, 0.3) is 0 Å². The van der Waals surface area contributed by atoms with Gasteiger partial charge in [0.1, 0.15) is 6.10 Å². The van der Waals surface area contributed by atoms with Crippen molar-refractivity contribution in [1.29, 1.82) is 0 Å². The fourth-order valence-corrected chi connectivity index (χ4v) is 4.53. The van der Waals surface area contributed by atoms with Crippen LogP contribution in [-0.4, -0.2) is 47.1 Å². The van der Waals surface area contributed by atoms with Gasteiger partial charge in [-0.15, -0.1) is 0 Å². The molecular formula is C13H28O5Si. The molecule has 0 spiro atoms. The van der Waals surface area contributed by atoms with Gasteiger partial charge in [-0.05, 0) is 34.1 Å². The third-order valence-electron chi connectivity index (χ3n) is 3.32. The lowest BCUT2D eigenvalue weighted by Gasteiger charge is -2.41. The number of hydrogen-bond acceptors (Lipinski definition) is 5. The first kappa shape index (κ1) is 17.1. The van der Waals surface area contributed by atoms with E-state index in [1.54, 1.807) is 0 Å². The predicted molar refractivity (Wildman–Crippen MR) is 75.0 cm³/mol. The second-order valence-electron chi connectivity index (χ2n) is 4.73. The zero-order chi connectivity index (χ0) is 14.4. The van der Waals surface area contributed by atoms with Gasteiger partial charge in [0.05, 0.1) is 13.2 Å². The summed E-state index contributed by atoms with van der Waals surface area (Å²) in [6.45, 7) is 12.4. The Morgan fingerprint density at radius 3 is 2.05 bits per heavy atom. The van der Waals surface area contributed by atoms with Gasteiger partial charge in [0.2, 0.25) is 0 Å². The highest BCUT2D eigenvalue weighted by Gasteiger charge is 2.46. The van der Waals surface area contributed by atoms with Gasteiger partial charge in [-0.1, -0.05) is 6.92 Å². The molecule has 1 unspecified atom stereocenters. The molecule has 19 heavy (non-hydrogen) atoms. The average molecular weight is 292 g/mol. The van der Waals surface area contributed by atoms with Gasteiger partial charge in [0.15, 0.2) is 5.79 Å². The third kappa shape index (κ3) is 4.51. The Kier molecular flexibility index (Phi) is 6.92. The minimum atomic E-state index is -2.62. The Morgan fingerprint density at radius 2 is 1.63 bits per heavy atom. The molecule has 1 rings (SSSR count). The van der Waals surface area contributed by atoms with Crippen LogP contribution in [0.3, 0.4) is 0 Å². The van der Waals surface area contributed by atoms with Crippen LogP contribution in [0.15, 0.2) is 0 Å². The van der Waals surface area contributed by atoms with Crippen LogP contribution in [0.4, 0.5) is 0 Å². The van der Waals surface area contributed by atoms with Crippen LogP contribution in [0.1, 0.15) is 41.0 Å². The van der Waals surface area contributed by atoms with Crippen molar-refractivity contribution in [3.8, 4) is 0 Å². The Balaban J connectivity index is 2.70. The lowest BCUT2D eigenvalue weighted by atomic mass is 10.2. The summed E-state index contributed by atoms with van der Waals surface area (Å²) < 4.78 is 29.2. The Bertz CT molecular complexity index is 249. The van der Waals surface area contributed by atoms with Crippen LogP contribution in [-0.2, 0) is 22.8 Å². The third-order valence-corrected chi connectivity index (χ3v) is 6.36. The molecule has 5 nitrogen and oxygen atoms in total. The van der Waals surface area contributed by atoms with Gasteiger partial charge in [-0.3, -0.25) is 0 Å². The molecule has 1 atom stereocenters. The molecule has 0 aromatic rings. The van der Waals surface area contributed by atoms with Crippen molar-refractivity contribution >= 4 is 8.80 Å². The summed E-state index contributed by atoms with van der Waals surface area (Å²) in [5.74, 6) is -0.708. The largest absolute Gasteiger partial charge is 0.501 e. The van der Waals surface area contributed by atoms with E-state index in [1.165, 1.54) is 0 Å². The molecule has 1 aliphatic rings. The van der Waals surface area contributed by atoms with Gasteiger partial charge < -0.3 is 22.8 Å². The van der Waals surface area contributed by atoms with Crippen molar-refractivity contribution in [1.82, 2.24) is 0 Å². The van der Waals surface area contributed by atoms with Crippen LogP contribution in [0.2, 0.25) is 6.04 Å². The minimum Gasteiger partial charge on any atom is -0.374 e. The summed E-state index contributed by atoms with van der Waals surface area (Å²) in [5.41, 5.74) is 0. The number of rotatable bonds is 8. The van der Waals surface area contributed by atoms with Crippen molar-refractivity contribution in [3.05, 3.63) is 0 Å². The van der Waals surface area contributed by atoms with E-state index in [-0.39, 0.29) is 6.10 Å². The monoisotopic (exact) mass is 292 g/mol. The SMILES string of the molecule is CCO[Si](CC)(OCC)OC(C)C1(C)OCCCO1. The van der Waals surface area contributed by atoms with E-state index in [9.17, 15) is 0 Å². The molecule has 0 aromatic heterocycles. The van der Waals surface area contributed by atoms with E-state index < -0.39 is 14.6 Å². The van der Waals surface area contributed by atoms with Gasteiger partial charge in [0, 0.05) is 19.3 Å². The van der Waals surface area contributed by atoms with Crippen molar-refractivity contribution in [2.45, 2.75) is 59.0 Å². The zero-order valence-electron chi connectivity index (χ0n) is 12.9. The maximum atomic E-state index is 6.16. The molecule has 0 aromatic carbocycles. The molecule has 114 valence electrons. The van der Waals surface area contributed by atoms with Crippen molar-refractivity contribution in [2.75, 3.05) is 26.4 Å². The molecular weight excluding hydrogens is 264 g/mol. The van der Waals surface area contributed by atoms with Crippen LogP contribution in [0.25, 0.3) is 0 Å². The van der Waals surface area contributed by atoms with E-state index >= 15 is 0 Å². The highest BCUT2D eigenvalue weighted by atomic mass is 28.4. The molecule has 0 N–H and O–H groups in total. The highest BCUT2D eigenvalue weighted by Crippen LogP contribution is 2.28. The fraction of sp³-hybridized carbons (Fsp3) is 1.00. The molecule has 1 saturated heterocycles. The molecule has 1 fully saturated rings. The van der Waals surface area contributed by atoms with Crippen molar-refractivity contribution in [3.63, 3.8) is 0 Å². The summed E-state index contributed by atoms with van der Waals surface area (Å²) in [5, 5.41) is 0. The van der Waals surface area contributed by atoms with E-state index in [0.717, 1.165) is 12.5 Å². The number of ether oxygens (including phenoxy) is 2. The quantitative estimate of drug-likeness (QED) is 0.643. The first-order valence-corrected chi connectivity index (χ1v) is 9.18. The van der Waals surface area contributed by atoms with Crippen molar-refractivity contribution in [2.24, 2.45) is 0 Å². The van der Waals surface area contributed by atoms with Crippen LogP contribution >= 0.6 is 0 Å². The van der Waals surface area contributed by atoms with Crippen LogP contribution < -0.4 is 0 Å². The molecule has 1 heterocycles. The summed E-state index contributed by atoms with van der Waals surface area (Å²) in [4.78, 5) is 0. The zero-order valence-corrected chi connectivity index (χ0v) is 13.9. The second-order valence-corrected chi connectivity index (χ2v) is 7.62. The van der Waals surface area contributed by atoms with Crippen LogP contribution in [0, 0.1) is 0 Å². The Hall–Kier alpha value is 0.0169. The number of hydrogen-bond donors (Lipinski definition) is 0. The molecule has 0 bridgehead atoms. The topological polar surface area (TPSA) is 46.2 Å². The Morgan fingerprint density at radius 1 is 1.11 bits per heavy atom. The van der Waals surface area contributed by atoms with Crippen molar-refractivity contribution < 1.29 is 22.8 Å². The molecule has 0 radical (unpaired) electrons. The first-order valence-electron chi connectivity index (χ1n) is 7.25. The van der Waals surface area contributed by atoms with Gasteiger partial charge in [-0.25, -0.2) is 0 Å². The fourth-order valence-electron chi connectivity index (χ4n) is 2.10.